The first-order chi connectivity index (χ1) is 15.4. The second-order valence-electron chi connectivity index (χ2n) is 8.13. The number of hydrogen-bond donors (Lipinski definition) is 6. The molecule has 0 aromatic carbocycles. The van der Waals surface area contributed by atoms with Crippen molar-refractivity contribution < 1.29 is 33.4 Å². The molecule has 0 saturated carbocycles. The summed E-state index contributed by atoms with van der Waals surface area (Å²) in [5.74, 6) is -0.927. The standard InChI is InChI=1S/C19H30N6O7/c20-16(21)1-2-22-17(27)13-4-11(7-31-13)24-19(29)15-5-12(8-32-15)25-18(28)14-3-10(6-30-14)23-9-26/h9-15H,1-8H2,(H3,20,21)(H,22,27)(H,23,26)(H,24,29)(H,25,28)/t10-,11-,12-,13+,14+,15+/m1/s1. The van der Waals surface area contributed by atoms with Crippen molar-refractivity contribution in [3.63, 3.8) is 0 Å². The number of nitrogens with one attached hydrogen (secondary N) is 5. The Labute approximate surface area is 185 Å². The van der Waals surface area contributed by atoms with Crippen molar-refractivity contribution in [1.82, 2.24) is 21.3 Å². The molecule has 32 heavy (non-hydrogen) atoms. The summed E-state index contributed by atoms with van der Waals surface area (Å²) < 4.78 is 16.4. The summed E-state index contributed by atoms with van der Waals surface area (Å²) in [5.41, 5.74) is 5.25. The molecule has 6 atom stereocenters. The lowest BCUT2D eigenvalue weighted by molar-refractivity contribution is -0.131. The molecule has 4 amide bonds. The third kappa shape index (κ3) is 6.61. The number of rotatable bonds is 10. The van der Waals surface area contributed by atoms with E-state index in [2.05, 4.69) is 21.3 Å². The van der Waals surface area contributed by atoms with E-state index in [4.69, 9.17) is 25.4 Å². The minimum atomic E-state index is -0.710. The highest BCUT2D eigenvalue weighted by atomic mass is 16.5. The summed E-state index contributed by atoms with van der Waals surface area (Å²) in [6.45, 7) is 0.948. The number of ether oxygens (including phenoxy) is 3. The van der Waals surface area contributed by atoms with Gasteiger partial charge in [-0.15, -0.1) is 0 Å². The van der Waals surface area contributed by atoms with Gasteiger partial charge >= 0.3 is 0 Å². The van der Waals surface area contributed by atoms with Crippen LogP contribution in [0.2, 0.25) is 0 Å². The fraction of sp³-hybridized carbons (Fsp3) is 0.737. The molecule has 0 bridgehead atoms. The number of amidine groups is 1. The zero-order chi connectivity index (χ0) is 23.1. The van der Waals surface area contributed by atoms with E-state index in [0.29, 0.717) is 25.7 Å². The molecule has 0 radical (unpaired) electrons. The zero-order valence-electron chi connectivity index (χ0n) is 17.6. The molecule has 3 heterocycles. The van der Waals surface area contributed by atoms with Crippen LogP contribution in [0.4, 0.5) is 0 Å². The Bertz CT molecular complexity index is 735. The molecule has 13 nitrogen and oxygen atoms in total. The van der Waals surface area contributed by atoms with E-state index in [1.165, 1.54) is 0 Å². The number of carbonyl (C=O) groups is 4. The van der Waals surface area contributed by atoms with Crippen LogP contribution in [-0.2, 0) is 33.4 Å². The molecule has 3 aliphatic heterocycles. The van der Waals surface area contributed by atoms with E-state index in [-0.39, 0.29) is 74.5 Å². The Hall–Kier alpha value is -2.77. The molecular formula is C19H30N6O7. The van der Waals surface area contributed by atoms with E-state index in [1.807, 2.05) is 0 Å². The molecule has 0 aromatic heterocycles. The maximum atomic E-state index is 12.5. The Morgan fingerprint density at radius 2 is 1.31 bits per heavy atom. The molecule has 13 heteroatoms. The SMILES string of the molecule is N=C(N)CCNC(=O)[C@@H]1C[C@@H](NC(=O)[C@@H]2C[C@@H](NC(=O)[C@@H]3C[C@@H](NC=O)CO3)CO2)CO1. The maximum Gasteiger partial charge on any atom is 0.249 e. The topological polar surface area (TPSA) is 194 Å². The van der Waals surface area contributed by atoms with E-state index in [0.717, 1.165) is 0 Å². The Morgan fingerprint density at radius 1 is 0.844 bits per heavy atom. The largest absolute Gasteiger partial charge is 0.388 e. The van der Waals surface area contributed by atoms with Crippen LogP contribution in [0.25, 0.3) is 0 Å². The molecule has 0 aromatic rings. The summed E-state index contributed by atoms with van der Waals surface area (Å²) >= 11 is 0. The smallest absolute Gasteiger partial charge is 0.249 e. The quantitative estimate of drug-likeness (QED) is 0.113. The fourth-order valence-corrected chi connectivity index (χ4v) is 3.86. The highest BCUT2D eigenvalue weighted by Crippen LogP contribution is 2.19. The Kier molecular flexibility index (Phi) is 8.36. The van der Waals surface area contributed by atoms with Crippen molar-refractivity contribution in [2.24, 2.45) is 5.73 Å². The van der Waals surface area contributed by atoms with Crippen molar-refractivity contribution in [3.8, 4) is 0 Å². The van der Waals surface area contributed by atoms with Crippen LogP contribution in [0.5, 0.6) is 0 Å². The van der Waals surface area contributed by atoms with Crippen LogP contribution in [-0.4, -0.2) is 92.8 Å². The first-order valence-electron chi connectivity index (χ1n) is 10.6. The molecule has 0 aliphatic carbocycles. The van der Waals surface area contributed by atoms with Gasteiger partial charge < -0.3 is 41.2 Å². The van der Waals surface area contributed by atoms with Crippen LogP contribution < -0.4 is 27.0 Å². The minimum absolute atomic E-state index is 0.0105. The molecule has 3 aliphatic rings. The molecule has 3 rings (SSSR count). The number of nitrogens with two attached hydrogens (primary N) is 1. The van der Waals surface area contributed by atoms with Gasteiger partial charge in [0.1, 0.15) is 18.3 Å². The van der Waals surface area contributed by atoms with Gasteiger partial charge in [-0.05, 0) is 0 Å². The lowest BCUT2D eigenvalue weighted by Gasteiger charge is -2.16. The minimum Gasteiger partial charge on any atom is -0.388 e. The molecule has 3 saturated heterocycles. The average molecular weight is 454 g/mol. The van der Waals surface area contributed by atoms with Gasteiger partial charge in [0.15, 0.2) is 0 Å². The van der Waals surface area contributed by atoms with E-state index in [9.17, 15) is 19.2 Å². The molecule has 0 spiro atoms. The van der Waals surface area contributed by atoms with Crippen LogP contribution in [0.15, 0.2) is 0 Å². The van der Waals surface area contributed by atoms with Crippen LogP contribution in [0.1, 0.15) is 25.7 Å². The van der Waals surface area contributed by atoms with E-state index < -0.39 is 18.3 Å². The van der Waals surface area contributed by atoms with Gasteiger partial charge in [-0.3, -0.25) is 24.6 Å². The monoisotopic (exact) mass is 454 g/mol. The van der Waals surface area contributed by atoms with Crippen molar-refractivity contribution in [2.75, 3.05) is 26.4 Å². The molecule has 7 N–H and O–H groups in total. The summed E-state index contributed by atoms with van der Waals surface area (Å²) in [5, 5.41) is 18.0. The van der Waals surface area contributed by atoms with Gasteiger partial charge in [-0.1, -0.05) is 0 Å². The molecular weight excluding hydrogens is 424 g/mol. The summed E-state index contributed by atoms with van der Waals surface area (Å²) in [6.07, 6.45) is -0.130. The van der Waals surface area contributed by atoms with Gasteiger partial charge in [-0.25, -0.2) is 0 Å². The zero-order valence-corrected chi connectivity index (χ0v) is 17.6. The van der Waals surface area contributed by atoms with Crippen molar-refractivity contribution in [2.45, 2.75) is 62.1 Å². The van der Waals surface area contributed by atoms with Crippen LogP contribution in [0.3, 0.4) is 0 Å². The normalized spacial score (nSPS) is 31.6. The average Bonchev–Trinajstić information content (AvgIpc) is 3.49. The lowest BCUT2D eigenvalue weighted by atomic mass is 10.1. The van der Waals surface area contributed by atoms with Crippen molar-refractivity contribution >= 4 is 30.0 Å². The van der Waals surface area contributed by atoms with E-state index in [1.54, 1.807) is 0 Å². The van der Waals surface area contributed by atoms with Crippen LogP contribution >= 0.6 is 0 Å². The maximum absolute atomic E-state index is 12.5. The third-order valence-corrected chi connectivity index (χ3v) is 5.56. The van der Waals surface area contributed by atoms with Gasteiger partial charge in [-0.2, -0.15) is 0 Å². The summed E-state index contributed by atoms with van der Waals surface area (Å²) in [4.78, 5) is 47.4. The first-order valence-corrected chi connectivity index (χ1v) is 10.6. The predicted octanol–water partition coefficient (Wildman–Crippen LogP) is -3.12. The molecule has 178 valence electrons. The second kappa shape index (κ2) is 11.2. The summed E-state index contributed by atoms with van der Waals surface area (Å²) in [7, 11) is 0. The van der Waals surface area contributed by atoms with Crippen molar-refractivity contribution in [3.05, 3.63) is 0 Å². The third-order valence-electron chi connectivity index (χ3n) is 5.56. The predicted molar refractivity (Wildman–Crippen MR) is 109 cm³/mol. The number of hydrogen-bond acceptors (Lipinski definition) is 8. The number of carbonyl (C=O) groups excluding carboxylic acids is 4. The molecule has 3 fully saturated rings. The molecule has 0 unspecified atom stereocenters. The Balaban J connectivity index is 1.35. The van der Waals surface area contributed by atoms with Crippen molar-refractivity contribution in [1.29, 1.82) is 5.41 Å². The fourth-order valence-electron chi connectivity index (χ4n) is 3.86. The first kappa shape index (κ1) is 23.9. The second-order valence-corrected chi connectivity index (χ2v) is 8.13. The Morgan fingerprint density at radius 3 is 1.81 bits per heavy atom. The highest BCUT2D eigenvalue weighted by Gasteiger charge is 2.38. The van der Waals surface area contributed by atoms with Gasteiger partial charge in [0, 0.05) is 32.2 Å². The van der Waals surface area contributed by atoms with E-state index >= 15 is 0 Å². The van der Waals surface area contributed by atoms with Crippen LogP contribution in [0, 0.1) is 5.41 Å². The van der Waals surface area contributed by atoms with Gasteiger partial charge in [0.25, 0.3) is 0 Å². The number of amides is 4. The summed E-state index contributed by atoms with van der Waals surface area (Å²) in [6, 6.07) is -0.827. The lowest BCUT2D eigenvalue weighted by Crippen LogP contribution is -2.44. The van der Waals surface area contributed by atoms with Gasteiger partial charge in [0.2, 0.25) is 24.1 Å². The highest BCUT2D eigenvalue weighted by molar-refractivity contribution is 5.84. The van der Waals surface area contributed by atoms with Gasteiger partial charge in [0.05, 0.1) is 43.8 Å².